The Labute approximate surface area is 211 Å². The summed E-state index contributed by atoms with van der Waals surface area (Å²) in [4.78, 5) is 56.1. The van der Waals surface area contributed by atoms with Crippen LogP contribution in [0.4, 0.5) is 11.4 Å². The Morgan fingerprint density at radius 2 is 1.84 bits per heavy atom. The van der Waals surface area contributed by atoms with E-state index >= 15 is 0 Å². The summed E-state index contributed by atoms with van der Waals surface area (Å²) in [6.45, 7) is 1.91. The number of piperidine rings is 1. The van der Waals surface area contributed by atoms with Crippen molar-refractivity contribution in [3.05, 3.63) is 71.7 Å². The molecule has 2 aromatic carbocycles. The van der Waals surface area contributed by atoms with E-state index < -0.39 is 29.7 Å². The number of benzene rings is 2. The van der Waals surface area contributed by atoms with Gasteiger partial charge in [-0.2, -0.15) is 5.10 Å². The van der Waals surface area contributed by atoms with E-state index in [0.29, 0.717) is 5.69 Å². The van der Waals surface area contributed by atoms with Gasteiger partial charge in [0, 0.05) is 42.0 Å². The van der Waals surface area contributed by atoms with E-state index in [2.05, 4.69) is 20.7 Å². The standard InChI is InChI=1S/C27H22N6O4/c1-14-10-15(8-9-28-14)18-12-22-16(13-29-32(22)2)11-20(18)30-19-5-3-4-17-24(19)27(37)33(26(17)36)21-6-7-23(34)31-25(21)35/h3-5,8-13,21,30H,6-7H2,1-2H3,(H,31,34,35)/t21-/m0/s1. The maximum Gasteiger partial charge on any atom is 0.264 e. The third kappa shape index (κ3) is 3.65. The first kappa shape index (κ1) is 22.6. The molecule has 10 heteroatoms. The van der Waals surface area contributed by atoms with Gasteiger partial charge in [-0.05, 0) is 55.3 Å². The highest BCUT2D eigenvalue weighted by molar-refractivity contribution is 6.25. The molecule has 0 unspecified atom stereocenters. The van der Waals surface area contributed by atoms with Crippen LogP contribution in [0, 0.1) is 6.92 Å². The number of amides is 4. The predicted octanol–water partition coefficient (Wildman–Crippen LogP) is 3.09. The van der Waals surface area contributed by atoms with Gasteiger partial charge in [0.1, 0.15) is 6.04 Å². The van der Waals surface area contributed by atoms with Gasteiger partial charge in [-0.3, -0.25) is 39.1 Å². The van der Waals surface area contributed by atoms with E-state index in [1.54, 1.807) is 35.3 Å². The molecule has 4 aromatic rings. The van der Waals surface area contributed by atoms with Crippen molar-refractivity contribution in [2.45, 2.75) is 25.8 Å². The molecule has 37 heavy (non-hydrogen) atoms. The Morgan fingerprint density at radius 1 is 1.00 bits per heavy atom. The highest BCUT2D eigenvalue weighted by Crippen LogP contribution is 2.38. The Balaban J connectivity index is 1.44. The molecule has 0 aliphatic carbocycles. The molecule has 0 bridgehead atoms. The van der Waals surface area contributed by atoms with Crippen molar-refractivity contribution >= 4 is 45.9 Å². The van der Waals surface area contributed by atoms with Gasteiger partial charge >= 0.3 is 0 Å². The van der Waals surface area contributed by atoms with Crippen LogP contribution in [0.25, 0.3) is 22.0 Å². The SMILES string of the molecule is Cc1cc(-c2cc3c(cnn3C)cc2Nc2cccc3c2C(=O)N([C@H]2CCC(=O)NC2=O)C3=O)ccn1. The monoisotopic (exact) mass is 494 g/mol. The van der Waals surface area contributed by atoms with Crippen LogP contribution in [0.1, 0.15) is 39.3 Å². The van der Waals surface area contributed by atoms with E-state index in [-0.39, 0.29) is 24.0 Å². The number of nitrogens with zero attached hydrogens (tertiary/aromatic N) is 4. The van der Waals surface area contributed by atoms with Gasteiger partial charge in [0.2, 0.25) is 11.8 Å². The van der Waals surface area contributed by atoms with Crippen LogP contribution in [-0.4, -0.2) is 49.3 Å². The van der Waals surface area contributed by atoms with Gasteiger partial charge < -0.3 is 5.32 Å². The van der Waals surface area contributed by atoms with Crippen molar-refractivity contribution < 1.29 is 19.2 Å². The molecular weight excluding hydrogens is 472 g/mol. The lowest BCUT2D eigenvalue weighted by atomic mass is 10.0. The summed E-state index contributed by atoms with van der Waals surface area (Å²) in [5, 5.41) is 10.9. The second-order valence-electron chi connectivity index (χ2n) is 9.21. The lowest BCUT2D eigenvalue weighted by Crippen LogP contribution is -2.54. The number of aryl methyl sites for hydroxylation is 2. The number of fused-ring (bicyclic) bond motifs is 2. The Hall–Kier alpha value is -4.86. The van der Waals surface area contributed by atoms with Crippen molar-refractivity contribution in [3.63, 3.8) is 0 Å². The van der Waals surface area contributed by atoms with Crippen molar-refractivity contribution in [2.24, 2.45) is 7.05 Å². The number of rotatable bonds is 4. The number of imide groups is 2. The molecule has 0 spiro atoms. The number of carbonyl (C=O) groups is 4. The van der Waals surface area contributed by atoms with Gasteiger partial charge in [0.25, 0.3) is 11.8 Å². The molecule has 184 valence electrons. The van der Waals surface area contributed by atoms with Crippen LogP contribution in [0.5, 0.6) is 0 Å². The molecule has 0 saturated carbocycles. The van der Waals surface area contributed by atoms with Crippen molar-refractivity contribution in [3.8, 4) is 11.1 Å². The van der Waals surface area contributed by atoms with Gasteiger partial charge in [-0.1, -0.05) is 6.07 Å². The summed E-state index contributed by atoms with van der Waals surface area (Å²) in [6.07, 6.45) is 3.66. The number of nitrogens with one attached hydrogen (secondary N) is 2. The van der Waals surface area contributed by atoms with Crippen LogP contribution < -0.4 is 10.6 Å². The third-order valence-corrected chi connectivity index (χ3v) is 6.83. The Morgan fingerprint density at radius 3 is 2.62 bits per heavy atom. The highest BCUT2D eigenvalue weighted by Gasteiger charge is 2.45. The highest BCUT2D eigenvalue weighted by atomic mass is 16.2. The molecule has 2 N–H and O–H groups in total. The first-order valence-corrected chi connectivity index (χ1v) is 11.8. The van der Waals surface area contributed by atoms with Crippen LogP contribution in [0.2, 0.25) is 0 Å². The van der Waals surface area contributed by atoms with Gasteiger partial charge in [-0.15, -0.1) is 0 Å². The number of carbonyl (C=O) groups excluding carboxylic acids is 4. The maximum absolute atomic E-state index is 13.5. The van der Waals surface area contributed by atoms with Crippen molar-refractivity contribution in [1.29, 1.82) is 0 Å². The largest absolute Gasteiger partial charge is 0.354 e. The number of hydrogen-bond donors (Lipinski definition) is 2. The summed E-state index contributed by atoms with van der Waals surface area (Å²) < 4.78 is 1.79. The lowest BCUT2D eigenvalue weighted by Gasteiger charge is -2.27. The van der Waals surface area contributed by atoms with Crippen LogP contribution in [0.15, 0.2) is 54.9 Å². The molecule has 0 radical (unpaired) electrons. The van der Waals surface area contributed by atoms with E-state index in [4.69, 9.17) is 0 Å². The minimum Gasteiger partial charge on any atom is -0.354 e. The normalized spacial score (nSPS) is 17.4. The summed E-state index contributed by atoms with van der Waals surface area (Å²) in [6, 6.07) is 11.8. The topological polar surface area (TPSA) is 126 Å². The third-order valence-electron chi connectivity index (χ3n) is 6.83. The van der Waals surface area contributed by atoms with Crippen LogP contribution in [-0.2, 0) is 16.6 Å². The second kappa shape index (κ2) is 8.37. The molecule has 1 fully saturated rings. The molecule has 2 aliphatic heterocycles. The fourth-order valence-electron chi connectivity index (χ4n) is 5.02. The van der Waals surface area contributed by atoms with E-state index in [9.17, 15) is 19.2 Å². The zero-order valence-electron chi connectivity index (χ0n) is 20.1. The maximum atomic E-state index is 13.5. The Kier molecular flexibility index (Phi) is 5.11. The first-order valence-electron chi connectivity index (χ1n) is 11.8. The predicted molar refractivity (Wildman–Crippen MR) is 135 cm³/mol. The second-order valence-corrected chi connectivity index (χ2v) is 9.21. The summed E-state index contributed by atoms with van der Waals surface area (Å²) in [5.74, 6) is -2.17. The quantitative estimate of drug-likeness (QED) is 0.418. The summed E-state index contributed by atoms with van der Waals surface area (Å²) >= 11 is 0. The number of hydrogen-bond acceptors (Lipinski definition) is 7. The fourth-order valence-corrected chi connectivity index (χ4v) is 5.02. The number of anilines is 2. The van der Waals surface area contributed by atoms with E-state index in [0.717, 1.165) is 38.3 Å². The first-order chi connectivity index (χ1) is 17.8. The average molecular weight is 495 g/mol. The lowest BCUT2D eigenvalue weighted by molar-refractivity contribution is -0.136. The average Bonchev–Trinajstić information content (AvgIpc) is 3.35. The summed E-state index contributed by atoms with van der Waals surface area (Å²) in [5.41, 5.74) is 5.17. The van der Waals surface area contributed by atoms with Crippen LogP contribution in [0.3, 0.4) is 0 Å². The molecule has 10 nitrogen and oxygen atoms in total. The smallest absolute Gasteiger partial charge is 0.264 e. The molecule has 4 amide bonds. The van der Waals surface area contributed by atoms with Crippen molar-refractivity contribution in [1.82, 2.24) is 25.0 Å². The van der Waals surface area contributed by atoms with Gasteiger partial charge in [0.15, 0.2) is 0 Å². The number of pyridine rings is 1. The molecule has 6 rings (SSSR count). The zero-order chi connectivity index (χ0) is 25.8. The van der Waals surface area contributed by atoms with E-state index in [1.165, 1.54) is 0 Å². The van der Waals surface area contributed by atoms with Gasteiger partial charge in [-0.25, -0.2) is 0 Å². The molecule has 1 atom stereocenters. The molecule has 1 saturated heterocycles. The van der Waals surface area contributed by atoms with Gasteiger partial charge in [0.05, 0.1) is 28.5 Å². The molecule has 4 heterocycles. The zero-order valence-corrected chi connectivity index (χ0v) is 20.1. The molecule has 2 aromatic heterocycles. The fraction of sp³-hybridized carbons (Fsp3) is 0.185. The van der Waals surface area contributed by atoms with Crippen LogP contribution >= 0.6 is 0 Å². The van der Waals surface area contributed by atoms with Crippen molar-refractivity contribution in [2.75, 3.05) is 5.32 Å². The minimum atomic E-state index is -1.03. The number of aromatic nitrogens is 3. The van der Waals surface area contributed by atoms with E-state index in [1.807, 2.05) is 38.2 Å². The molecule has 2 aliphatic rings. The Bertz CT molecular complexity index is 1660. The summed E-state index contributed by atoms with van der Waals surface area (Å²) in [7, 11) is 1.87. The molecular formula is C27H22N6O4. The minimum absolute atomic E-state index is 0.0642.